The van der Waals surface area contributed by atoms with Crippen LogP contribution in [0.2, 0.25) is 0 Å². The molecule has 2 aromatic rings. The minimum Gasteiger partial charge on any atom is -0.358 e. The number of hydrogen-bond donors (Lipinski definition) is 1. The van der Waals surface area contributed by atoms with Gasteiger partial charge >= 0.3 is 0 Å². The summed E-state index contributed by atoms with van der Waals surface area (Å²) < 4.78 is 0. The first-order valence-electron chi connectivity index (χ1n) is 7.55. The van der Waals surface area contributed by atoms with Gasteiger partial charge in [-0.3, -0.25) is 9.59 Å². The minimum atomic E-state index is -0.0477. The molecule has 0 bridgehead atoms. The molecule has 1 aliphatic rings. The predicted octanol–water partition coefficient (Wildman–Crippen LogP) is 1.61. The van der Waals surface area contributed by atoms with Crippen molar-refractivity contribution >= 4 is 16.8 Å². The monoisotopic (exact) mass is 299 g/mol. The van der Waals surface area contributed by atoms with E-state index in [1.807, 2.05) is 25.9 Å². The molecule has 1 aromatic carbocycles. The fraction of sp³-hybridized carbons (Fsp3) is 0.412. The lowest BCUT2D eigenvalue weighted by molar-refractivity contribution is 0.0785. The van der Waals surface area contributed by atoms with E-state index >= 15 is 0 Å². The molecule has 0 aliphatic carbocycles. The SMILES string of the molecule is Cc1cc(=O)c2cccc(C(=O)N3CC[C@H](N(C)C)C3)c2[nH]1. The van der Waals surface area contributed by atoms with Gasteiger partial charge in [0.2, 0.25) is 0 Å². The van der Waals surface area contributed by atoms with Crippen molar-refractivity contribution in [3.05, 3.63) is 45.7 Å². The Kier molecular flexibility index (Phi) is 3.74. The molecule has 22 heavy (non-hydrogen) atoms. The molecule has 1 saturated heterocycles. The van der Waals surface area contributed by atoms with Crippen molar-refractivity contribution in [1.29, 1.82) is 0 Å². The number of amides is 1. The fourth-order valence-electron chi connectivity index (χ4n) is 3.10. The van der Waals surface area contributed by atoms with Gasteiger partial charge in [0.1, 0.15) is 0 Å². The number of aromatic nitrogens is 1. The Labute approximate surface area is 129 Å². The highest BCUT2D eigenvalue weighted by atomic mass is 16.2. The molecule has 3 rings (SSSR count). The van der Waals surface area contributed by atoms with Gasteiger partial charge in [0.25, 0.3) is 5.91 Å². The second-order valence-electron chi connectivity index (χ2n) is 6.20. The smallest absolute Gasteiger partial charge is 0.256 e. The second-order valence-corrected chi connectivity index (χ2v) is 6.20. The van der Waals surface area contributed by atoms with Gasteiger partial charge in [-0.2, -0.15) is 0 Å². The summed E-state index contributed by atoms with van der Waals surface area (Å²) in [5.74, 6) is -0.00352. The second kappa shape index (κ2) is 5.57. The Morgan fingerprint density at radius 1 is 1.36 bits per heavy atom. The van der Waals surface area contributed by atoms with Crippen molar-refractivity contribution < 1.29 is 4.79 Å². The van der Waals surface area contributed by atoms with Crippen LogP contribution in [0.25, 0.3) is 10.9 Å². The lowest BCUT2D eigenvalue weighted by Gasteiger charge is -2.21. The molecule has 5 nitrogen and oxygen atoms in total. The number of aryl methyl sites for hydroxylation is 1. The van der Waals surface area contributed by atoms with Gasteiger partial charge in [0.05, 0.1) is 11.1 Å². The molecule has 1 aliphatic heterocycles. The number of pyridine rings is 1. The zero-order chi connectivity index (χ0) is 15.9. The van der Waals surface area contributed by atoms with E-state index < -0.39 is 0 Å². The van der Waals surface area contributed by atoms with Crippen molar-refractivity contribution in [2.45, 2.75) is 19.4 Å². The van der Waals surface area contributed by atoms with E-state index in [2.05, 4.69) is 9.88 Å². The molecule has 1 N–H and O–H groups in total. The highest BCUT2D eigenvalue weighted by Crippen LogP contribution is 2.20. The van der Waals surface area contributed by atoms with Crippen molar-refractivity contribution in [3.8, 4) is 0 Å². The van der Waals surface area contributed by atoms with Gasteiger partial charge in [-0.25, -0.2) is 0 Å². The van der Waals surface area contributed by atoms with Crippen LogP contribution in [0.15, 0.2) is 29.1 Å². The van der Waals surface area contributed by atoms with Crippen molar-refractivity contribution in [3.63, 3.8) is 0 Å². The van der Waals surface area contributed by atoms with Crippen LogP contribution in [0, 0.1) is 6.92 Å². The summed E-state index contributed by atoms with van der Waals surface area (Å²) in [5, 5.41) is 0.569. The lowest BCUT2D eigenvalue weighted by Crippen LogP contribution is -2.34. The third-order valence-corrected chi connectivity index (χ3v) is 4.41. The number of nitrogens with zero attached hydrogens (tertiary/aromatic N) is 2. The average Bonchev–Trinajstić information content (AvgIpc) is 2.96. The average molecular weight is 299 g/mol. The number of fused-ring (bicyclic) bond motifs is 1. The molecular formula is C17H21N3O2. The molecule has 1 aromatic heterocycles. The summed E-state index contributed by atoms with van der Waals surface area (Å²) >= 11 is 0. The molecule has 1 atom stereocenters. The van der Waals surface area contributed by atoms with Gasteiger partial charge < -0.3 is 14.8 Å². The highest BCUT2D eigenvalue weighted by Gasteiger charge is 2.29. The number of para-hydroxylation sites is 1. The number of benzene rings is 1. The number of hydrogen-bond acceptors (Lipinski definition) is 3. The maximum absolute atomic E-state index is 12.8. The van der Waals surface area contributed by atoms with E-state index in [1.54, 1.807) is 24.3 Å². The van der Waals surface area contributed by atoms with E-state index in [9.17, 15) is 9.59 Å². The molecule has 0 unspecified atom stereocenters. The first-order valence-corrected chi connectivity index (χ1v) is 7.55. The van der Waals surface area contributed by atoms with Gasteiger partial charge in [0, 0.05) is 36.3 Å². The summed E-state index contributed by atoms with van der Waals surface area (Å²) in [4.78, 5) is 32.1. The zero-order valence-electron chi connectivity index (χ0n) is 13.2. The minimum absolute atomic E-state index is 0.00352. The van der Waals surface area contributed by atoms with Crippen LogP contribution < -0.4 is 5.43 Å². The lowest BCUT2D eigenvalue weighted by atomic mass is 10.1. The third-order valence-electron chi connectivity index (χ3n) is 4.41. The van der Waals surface area contributed by atoms with Crippen LogP contribution >= 0.6 is 0 Å². The Morgan fingerprint density at radius 3 is 2.82 bits per heavy atom. The zero-order valence-corrected chi connectivity index (χ0v) is 13.2. The van der Waals surface area contributed by atoms with Crippen LogP contribution in [0.1, 0.15) is 22.5 Å². The maximum atomic E-state index is 12.8. The number of rotatable bonds is 2. The maximum Gasteiger partial charge on any atom is 0.256 e. The Bertz CT molecular complexity index is 779. The van der Waals surface area contributed by atoms with E-state index in [-0.39, 0.29) is 11.3 Å². The number of aromatic amines is 1. The highest BCUT2D eigenvalue weighted by molar-refractivity contribution is 6.05. The fourth-order valence-corrected chi connectivity index (χ4v) is 3.10. The summed E-state index contributed by atoms with van der Waals surface area (Å²) in [6.07, 6.45) is 0.985. The number of H-pyrrole nitrogens is 1. The molecule has 116 valence electrons. The normalized spacial score (nSPS) is 18.4. The van der Waals surface area contributed by atoms with Crippen LogP contribution in [-0.2, 0) is 0 Å². The van der Waals surface area contributed by atoms with Crippen molar-refractivity contribution in [2.75, 3.05) is 27.2 Å². The van der Waals surface area contributed by atoms with E-state index in [4.69, 9.17) is 0 Å². The van der Waals surface area contributed by atoms with Crippen LogP contribution in [0.5, 0.6) is 0 Å². The molecule has 5 heteroatoms. The van der Waals surface area contributed by atoms with Gasteiger partial charge in [-0.1, -0.05) is 6.07 Å². The Hall–Kier alpha value is -2.14. The molecule has 1 amide bonds. The number of carbonyl (C=O) groups excluding carboxylic acids is 1. The molecule has 1 fully saturated rings. The largest absolute Gasteiger partial charge is 0.358 e. The topological polar surface area (TPSA) is 56.4 Å². The molecule has 0 saturated carbocycles. The van der Waals surface area contributed by atoms with Crippen LogP contribution in [-0.4, -0.2) is 53.9 Å². The first-order chi connectivity index (χ1) is 10.5. The quantitative estimate of drug-likeness (QED) is 0.916. The van der Waals surface area contributed by atoms with Crippen LogP contribution in [0.4, 0.5) is 0 Å². The summed E-state index contributed by atoms with van der Waals surface area (Å²) in [5.41, 5.74) is 1.95. The molecule has 0 radical (unpaired) electrons. The van der Waals surface area contributed by atoms with Gasteiger partial charge in [-0.15, -0.1) is 0 Å². The molecule has 2 heterocycles. The Morgan fingerprint density at radius 2 is 2.14 bits per heavy atom. The predicted molar refractivity (Wildman–Crippen MR) is 87.3 cm³/mol. The third kappa shape index (κ3) is 2.52. The van der Waals surface area contributed by atoms with E-state index in [1.165, 1.54) is 0 Å². The van der Waals surface area contributed by atoms with Crippen molar-refractivity contribution in [2.24, 2.45) is 0 Å². The van der Waals surface area contributed by atoms with Crippen molar-refractivity contribution in [1.82, 2.24) is 14.8 Å². The van der Waals surface area contributed by atoms with E-state index in [0.29, 0.717) is 22.5 Å². The van der Waals surface area contributed by atoms with Gasteiger partial charge in [-0.05, 0) is 39.6 Å². The number of carbonyl (C=O) groups is 1. The Balaban J connectivity index is 2.00. The molecule has 0 spiro atoms. The number of likely N-dealkylation sites (N-methyl/N-ethyl adjacent to an activating group) is 1. The first kappa shape index (κ1) is 14.8. The molecular weight excluding hydrogens is 278 g/mol. The van der Waals surface area contributed by atoms with E-state index in [0.717, 1.165) is 25.2 Å². The van der Waals surface area contributed by atoms with Gasteiger partial charge in [0.15, 0.2) is 5.43 Å². The number of likely N-dealkylation sites (tertiary alicyclic amines) is 1. The van der Waals surface area contributed by atoms with Crippen LogP contribution in [0.3, 0.4) is 0 Å². The summed E-state index contributed by atoms with van der Waals surface area (Å²) in [6.45, 7) is 3.33. The summed E-state index contributed by atoms with van der Waals surface area (Å²) in [7, 11) is 4.08. The summed E-state index contributed by atoms with van der Waals surface area (Å²) in [6, 6.07) is 7.30. The standard InChI is InChI=1S/C17H21N3O2/c1-11-9-15(21)13-5-4-6-14(16(13)18-11)17(22)20-8-7-12(10-20)19(2)3/h4-6,9,12H,7-8,10H2,1-3H3,(H,18,21)/t12-/m0/s1. The number of nitrogens with one attached hydrogen (secondary N) is 1.